The van der Waals surface area contributed by atoms with Crippen LogP contribution in [-0.2, 0) is 11.2 Å². The summed E-state index contributed by atoms with van der Waals surface area (Å²) in [6.07, 6.45) is 0.411. The number of nitrogens with one attached hydrogen (secondary N) is 1. The number of hydrogen-bond donors (Lipinski definition) is 1. The third kappa shape index (κ3) is 3.27. The molecule has 1 N–H and O–H groups in total. The van der Waals surface area contributed by atoms with Crippen molar-refractivity contribution in [1.82, 2.24) is 0 Å². The molecule has 104 valence electrons. The topological polar surface area (TPSA) is 29.1 Å². The van der Waals surface area contributed by atoms with E-state index in [0.29, 0.717) is 6.42 Å². The van der Waals surface area contributed by atoms with E-state index in [1.54, 1.807) is 0 Å². The van der Waals surface area contributed by atoms with E-state index in [1.807, 2.05) is 38.1 Å². The van der Waals surface area contributed by atoms with E-state index < -0.39 is 0 Å². The van der Waals surface area contributed by atoms with E-state index in [1.165, 1.54) is 16.7 Å². The van der Waals surface area contributed by atoms with E-state index in [2.05, 4.69) is 31.3 Å². The lowest BCUT2D eigenvalue weighted by Crippen LogP contribution is -2.15. The van der Waals surface area contributed by atoms with Gasteiger partial charge in [0.05, 0.1) is 6.42 Å². The monoisotopic (exact) mass is 267 g/mol. The van der Waals surface area contributed by atoms with Gasteiger partial charge in [-0.25, -0.2) is 0 Å². The van der Waals surface area contributed by atoms with E-state index in [-0.39, 0.29) is 5.91 Å². The lowest BCUT2D eigenvalue weighted by molar-refractivity contribution is -0.115. The van der Waals surface area contributed by atoms with Crippen LogP contribution in [0.3, 0.4) is 0 Å². The number of aryl methyl sites for hydroxylation is 3. The van der Waals surface area contributed by atoms with Crippen LogP contribution in [0.4, 0.5) is 5.69 Å². The largest absolute Gasteiger partial charge is 0.326 e. The van der Waals surface area contributed by atoms with Crippen molar-refractivity contribution in [3.05, 3.63) is 64.2 Å². The molecule has 20 heavy (non-hydrogen) atoms. The van der Waals surface area contributed by atoms with Gasteiger partial charge in [-0.05, 0) is 61.6 Å². The number of rotatable bonds is 3. The maximum atomic E-state index is 12.1. The zero-order valence-corrected chi connectivity index (χ0v) is 12.6. The number of hydrogen-bond acceptors (Lipinski definition) is 1. The van der Waals surface area contributed by atoms with Crippen molar-refractivity contribution in [2.75, 3.05) is 5.32 Å². The van der Waals surface area contributed by atoms with Crippen molar-refractivity contribution in [2.24, 2.45) is 0 Å². The van der Waals surface area contributed by atoms with Gasteiger partial charge in [0.25, 0.3) is 0 Å². The van der Waals surface area contributed by atoms with Crippen molar-refractivity contribution >= 4 is 11.6 Å². The van der Waals surface area contributed by atoms with Gasteiger partial charge >= 0.3 is 0 Å². The van der Waals surface area contributed by atoms with Crippen LogP contribution in [0.1, 0.15) is 27.8 Å². The fraction of sp³-hybridized carbons (Fsp3) is 0.278. The Morgan fingerprint density at radius 3 is 2.40 bits per heavy atom. The van der Waals surface area contributed by atoms with Crippen LogP contribution in [0.25, 0.3) is 0 Å². The molecular formula is C18H21NO. The highest BCUT2D eigenvalue weighted by molar-refractivity contribution is 5.93. The molecule has 0 radical (unpaired) electrons. The van der Waals surface area contributed by atoms with Crippen molar-refractivity contribution < 1.29 is 4.79 Å². The Labute approximate surface area is 120 Å². The number of anilines is 1. The molecule has 2 nitrogen and oxygen atoms in total. The summed E-state index contributed by atoms with van der Waals surface area (Å²) in [6.45, 7) is 8.23. The molecule has 0 aliphatic rings. The smallest absolute Gasteiger partial charge is 0.228 e. The SMILES string of the molecule is Cc1ccc(CC(=O)Nc2cccc(C)c2C)cc1C. The average molecular weight is 267 g/mol. The zero-order chi connectivity index (χ0) is 14.7. The van der Waals surface area contributed by atoms with Gasteiger partial charge in [-0.15, -0.1) is 0 Å². The summed E-state index contributed by atoms with van der Waals surface area (Å²) in [7, 11) is 0. The summed E-state index contributed by atoms with van der Waals surface area (Å²) in [5, 5.41) is 2.99. The molecule has 2 aromatic carbocycles. The van der Waals surface area contributed by atoms with Crippen molar-refractivity contribution in [2.45, 2.75) is 34.1 Å². The Kier molecular flexibility index (Phi) is 4.23. The molecule has 0 unspecified atom stereocenters. The van der Waals surface area contributed by atoms with Crippen LogP contribution in [0.5, 0.6) is 0 Å². The second-order valence-corrected chi connectivity index (χ2v) is 5.39. The lowest BCUT2D eigenvalue weighted by atomic mass is 10.0. The number of amides is 1. The molecule has 0 aliphatic carbocycles. The van der Waals surface area contributed by atoms with Crippen LogP contribution >= 0.6 is 0 Å². The summed E-state index contributed by atoms with van der Waals surface area (Å²) >= 11 is 0. The molecule has 0 atom stereocenters. The standard InChI is InChI=1S/C18H21NO/c1-12-8-9-16(10-14(12)3)11-18(20)19-17-7-5-6-13(2)15(17)4/h5-10H,11H2,1-4H3,(H,19,20). The first kappa shape index (κ1) is 14.3. The third-order valence-corrected chi connectivity index (χ3v) is 3.81. The quantitative estimate of drug-likeness (QED) is 0.891. The maximum absolute atomic E-state index is 12.1. The van der Waals surface area contributed by atoms with Crippen molar-refractivity contribution in [1.29, 1.82) is 0 Å². The van der Waals surface area contributed by atoms with Gasteiger partial charge in [0.1, 0.15) is 0 Å². The molecule has 0 saturated heterocycles. The van der Waals surface area contributed by atoms with Crippen molar-refractivity contribution in [3.63, 3.8) is 0 Å². The molecular weight excluding hydrogens is 246 g/mol. The Bertz CT molecular complexity index is 644. The molecule has 2 aromatic rings. The Hall–Kier alpha value is -2.09. The van der Waals surface area contributed by atoms with Crippen LogP contribution in [0.2, 0.25) is 0 Å². The van der Waals surface area contributed by atoms with Crippen LogP contribution < -0.4 is 5.32 Å². The van der Waals surface area contributed by atoms with E-state index in [4.69, 9.17) is 0 Å². The molecule has 1 amide bonds. The summed E-state index contributed by atoms with van der Waals surface area (Å²) in [6, 6.07) is 12.1. The molecule has 0 heterocycles. The first-order valence-corrected chi connectivity index (χ1v) is 6.89. The minimum absolute atomic E-state index is 0.0296. The summed E-state index contributed by atoms with van der Waals surface area (Å²) in [4.78, 5) is 12.1. The first-order valence-electron chi connectivity index (χ1n) is 6.89. The van der Waals surface area contributed by atoms with Crippen LogP contribution in [0, 0.1) is 27.7 Å². The first-order chi connectivity index (χ1) is 9.47. The van der Waals surface area contributed by atoms with Crippen LogP contribution in [0.15, 0.2) is 36.4 Å². The Morgan fingerprint density at radius 1 is 0.950 bits per heavy atom. The minimum atomic E-state index is 0.0296. The van der Waals surface area contributed by atoms with Gasteiger partial charge in [0.15, 0.2) is 0 Å². The molecule has 0 spiro atoms. The van der Waals surface area contributed by atoms with Crippen molar-refractivity contribution in [3.8, 4) is 0 Å². The van der Waals surface area contributed by atoms with E-state index in [0.717, 1.165) is 16.8 Å². The molecule has 0 fully saturated rings. The molecule has 2 heteroatoms. The fourth-order valence-corrected chi connectivity index (χ4v) is 2.18. The molecule has 0 aromatic heterocycles. The molecule has 0 saturated carbocycles. The zero-order valence-electron chi connectivity index (χ0n) is 12.6. The Morgan fingerprint density at radius 2 is 1.70 bits per heavy atom. The van der Waals surface area contributed by atoms with Gasteiger partial charge in [0, 0.05) is 5.69 Å². The number of carbonyl (C=O) groups excluding carboxylic acids is 1. The number of benzene rings is 2. The van der Waals surface area contributed by atoms with Gasteiger partial charge in [-0.2, -0.15) is 0 Å². The van der Waals surface area contributed by atoms with Gasteiger partial charge in [-0.1, -0.05) is 30.3 Å². The summed E-state index contributed by atoms with van der Waals surface area (Å²) < 4.78 is 0. The molecule has 0 aliphatic heterocycles. The highest BCUT2D eigenvalue weighted by Crippen LogP contribution is 2.18. The normalized spacial score (nSPS) is 10.4. The second-order valence-electron chi connectivity index (χ2n) is 5.39. The molecule has 0 bridgehead atoms. The molecule has 2 rings (SSSR count). The number of carbonyl (C=O) groups is 1. The highest BCUT2D eigenvalue weighted by atomic mass is 16.1. The van der Waals surface area contributed by atoms with Gasteiger partial charge in [0.2, 0.25) is 5.91 Å². The van der Waals surface area contributed by atoms with E-state index >= 15 is 0 Å². The minimum Gasteiger partial charge on any atom is -0.326 e. The predicted octanol–water partition coefficient (Wildman–Crippen LogP) is 4.10. The Balaban J connectivity index is 2.09. The van der Waals surface area contributed by atoms with Gasteiger partial charge in [-0.3, -0.25) is 4.79 Å². The third-order valence-electron chi connectivity index (χ3n) is 3.81. The highest BCUT2D eigenvalue weighted by Gasteiger charge is 2.07. The van der Waals surface area contributed by atoms with E-state index in [9.17, 15) is 4.79 Å². The lowest BCUT2D eigenvalue weighted by Gasteiger charge is -2.11. The van der Waals surface area contributed by atoms with Gasteiger partial charge < -0.3 is 5.32 Å². The maximum Gasteiger partial charge on any atom is 0.228 e. The van der Waals surface area contributed by atoms with Crippen LogP contribution in [-0.4, -0.2) is 5.91 Å². The predicted molar refractivity (Wildman–Crippen MR) is 84.2 cm³/mol. The summed E-state index contributed by atoms with van der Waals surface area (Å²) in [5.41, 5.74) is 6.75. The summed E-state index contributed by atoms with van der Waals surface area (Å²) in [5.74, 6) is 0.0296. The second kappa shape index (κ2) is 5.91. The fourth-order valence-electron chi connectivity index (χ4n) is 2.18. The average Bonchev–Trinajstić information content (AvgIpc) is 2.39.